The van der Waals surface area contributed by atoms with E-state index in [4.69, 9.17) is 16.3 Å². The van der Waals surface area contributed by atoms with Crippen molar-refractivity contribution in [2.24, 2.45) is 5.92 Å². The molecule has 2 heterocycles. The highest BCUT2D eigenvalue weighted by Crippen LogP contribution is 2.30. The molecule has 0 saturated heterocycles. The lowest BCUT2D eigenvalue weighted by Gasteiger charge is -2.08. The van der Waals surface area contributed by atoms with Crippen LogP contribution in [0.1, 0.15) is 30.7 Å². The minimum absolute atomic E-state index is 0.0382. The van der Waals surface area contributed by atoms with Crippen LogP contribution in [0.4, 0.5) is 0 Å². The van der Waals surface area contributed by atoms with Gasteiger partial charge in [0.15, 0.2) is 5.16 Å². The van der Waals surface area contributed by atoms with Crippen molar-refractivity contribution >= 4 is 44.9 Å². The van der Waals surface area contributed by atoms with Crippen LogP contribution in [-0.2, 0) is 6.42 Å². The maximum atomic E-state index is 12.6. The highest BCUT2D eigenvalue weighted by atomic mass is 35.5. The van der Waals surface area contributed by atoms with Crippen molar-refractivity contribution in [2.75, 3.05) is 12.4 Å². The molecule has 3 aromatic rings. The fourth-order valence-electron chi connectivity index (χ4n) is 2.79. The number of halogens is 1. The Hall–Kier alpha value is -1.50. The summed E-state index contributed by atoms with van der Waals surface area (Å²) in [6.07, 6.45) is 2.03. The zero-order chi connectivity index (χ0) is 19.4. The topological polar surface area (TPSA) is 55.0 Å². The number of H-pyrrole nitrogens is 1. The minimum atomic E-state index is -0.0382. The minimum Gasteiger partial charge on any atom is -0.493 e. The molecule has 0 bridgehead atoms. The maximum Gasteiger partial charge on any atom is 0.260 e. The molecule has 144 valence electrons. The number of aromatic amines is 1. The molecule has 0 unspecified atom stereocenters. The van der Waals surface area contributed by atoms with Gasteiger partial charge in [-0.3, -0.25) is 4.79 Å². The molecule has 3 rings (SSSR count). The van der Waals surface area contributed by atoms with Gasteiger partial charge in [0.05, 0.1) is 12.0 Å². The average molecular weight is 423 g/mol. The highest BCUT2D eigenvalue weighted by Gasteiger charge is 2.16. The van der Waals surface area contributed by atoms with Crippen molar-refractivity contribution in [3.8, 4) is 5.75 Å². The van der Waals surface area contributed by atoms with Crippen LogP contribution >= 0.6 is 34.7 Å². The number of nitrogens with zero attached hydrogens (tertiary/aromatic N) is 1. The number of thioether (sulfide) groups is 1. The SMILES string of the molecule is CC[C@H](C)Cc1c(C)sc2nc(SCCOc3ccc(Cl)cc3)[nH]c(=O)c12. The average Bonchev–Trinajstić information content (AvgIpc) is 2.96. The first-order chi connectivity index (χ1) is 13.0. The highest BCUT2D eigenvalue weighted by molar-refractivity contribution is 7.99. The summed E-state index contributed by atoms with van der Waals surface area (Å²) in [4.78, 5) is 22.3. The van der Waals surface area contributed by atoms with E-state index in [2.05, 4.69) is 30.7 Å². The lowest BCUT2D eigenvalue weighted by atomic mass is 9.98. The van der Waals surface area contributed by atoms with E-state index in [-0.39, 0.29) is 5.56 Å². The molecule has 27 heavy (non-hydrogen) atoms. The Kier molecular flexibility index (Phi) is 6.84. The number of aromatic nitrogens is 2. The third kappa shape index (κ3) is 5.06. The van der Waals surface area contributed by atoms with Crippen LogP contribution in [0.25, 0.3) is 10.2 Å². The van der Waals surface area contributed by atoms with Crippen molar-refractivity contribution in [1.82, 2.24) is 9.97 Å². The van der Waals surface area contributed by atoms with E-state index in [0.717, 1.165) is 34.4 Å². The van der Waals surface area contributed by atoms with Gasteiger partial charge in [0.1, 0.15) is 10.6 Å². The molecule has 0 fully saturated rings. The molecule has 1 atom stereocenters. The molecule has 1 aromatic carbocycles. The number of benzene rings is 1. The predicted molar refractivity (Wildman–Crippen MR) is 116 cm³/mol. The third-order valence-corrected chi connectivity index (χ3v) is 6.63. The van der Waals surface area contributed by atoms with Crippen LogP contribution < -0.4 is 10.3 Å². The number of rotatable bonds is 8. The van der Waals surface area contributed by atoms with Gasteiger partial charge >= 0.3 is 0 Å². The summed E-state index contributed by atoms with van der Waals surface area (Å²) in [5, 5.41) is 2.09. The number of hydrogen-bond donors (Lipinski definition) is 1. The molecule has 2 aromatic heterocycles. The van der Waals surface area contributed by atoms with Gasteiger partial charge in [-0.1, -0.05) is 43.6 Å². The zero-order valence-electron chi connectivity index (χ0n) is 15.7. The lowest BCUT2D eigenvalue weighted by Crippen LogP contribution is -2.11. The van der Waals surface area contributed by atoms with E-state index in [9.17, 15) is 4.79 Å². The number of nitrogens with one attached hydrogen (secondary N) is 1. The van der Waals surface area contributed by atoms with Crippen LogP contribution in [0.15, 0.2) is 34.2 Å². The summed E-state index contributed by atoms with van der Waals surface area (Å²) < 4.78 is 5.68. The van der Waals surface area contributed by atoms with Crippen molar-refractivity contribution in [2.45, 2.75) is 38.8 Å². The fourth-order valence-corrected chi connectivity index (χ4v) is 4.71. The normalized spacial score (nSPS) is 12.4. The number of aryl methyl sites for hydroxylation is 1. The fraction of sp³-hybridized carbons (Fsp3) is 0.400. The second kappa shape index (κ2) is 9.13. The molecule has 4 nitrogen and oxygen atoms in total. The summed E-state index contributed by atoms with van der Waals surface area (Å²) in [6, 6.07) is 7.28. The van der Waals surface area contributed by atoms with Gasteiger partial charge in [-0.15, -0.1) is 11.3 Å². The van der Waals surface area contributed by atoms with E-state index < -0.39 is 0 Å². The van der Waals surface area contributed by atoms with Crippen LogP contribution in [0, 0.1) is 12.8 Å². The van der Waals surface area contributed by atoms with Gasteiger partial charge in [-0.25, -0.2) is 4.98 Å². The molecule has 0 saturated carbocycles. The zero-order valence-corrected chi connectivity index (χ0v) is 18.1. The molecule has 0 spiro atoms. The summed E-state index contributed by atoms with van der Waals surface area (Å²) in [6.45, 7) is 7.00. The number of thiophene rings is 1. The molecule has 0 aliphatic heterocycles. The van der Waals surface area contributed by atoms with Gasteiger partial charge in [-0.05, 0) is 49.1 Å². The number of hydrogen-bond acceptors (Lipinski definition) is 5. The molecule has 0 radical (unpaired) electrons. The molecular weight excluding hydrogens is 400 g/mol. The quantitative estimate of drug-likeness (QED) is 0.287. The molecule has 7 heteroatoms. The summed E-state index contributed by atoms with van der Waals surface area (Å²) in [5.41, 5.74) is 1.12. The summed E-state index contributed by atoms with van der Waals surface area (Å²) in [7, 11) is 0. The largest absolute Gasteiger partial charge is 0.493 e. The molecule has 0 aliphatic rings. The first kappa shape index (κ1) is 20.2. The van der Waals surface area contributed by atoms with E-state index in [1.807, 2.05) is 12.1 Å². The van der Waals surface area contributed by atoms with E-state index in [1.54, 1.807) is 23.5 Å². The van der Waals surface area contributed by atoms with Crippen molar-refractivity contribution in [1.29, 1.82) is 0 Å². The monoisotopic (exact) mass is 422 g/mol. The summed E-state index contributed by atoms with van der Waals surface area (Å²) >= 11 is 8.97. The first-order valence-electron chi connectivity index (χ1n) is 9.01. The standard InChI is InChI=1S/C20H23ClN2O2S2/c1-4-12(2)11-16-13(3)27-19-17(16)18(24)22-20(23-19)26-10-9-25-15-7-5-14(21)6-8-15/h5-8,12H,4,9-11H2,1-3H3,(H,22,23,24)/t12-/m0/s1. The van der Waals surface area contributed by atoms with Gasteiger partial charge < -0.3 is 9.72 Å². The van der Waals surface area contributed by atoms with Crippen LogP contribution in [0.3, 0.4) is 0 Å². The second-order valence-electron chi connectivity index (χ2n) is 6.56. The van der Waals surface area contributed by atoms with Gasteiger partial charge in [0, 0.05) is 15.7 Å². The Morgan fingerprint density at radius 1 is 1.33 bits per heavy atom. The molecule has 0 amide bonds. The molecule has 1 N–H and O–H groups in total. The van der Waals surface area contributed by atoms with Gasteiger partial charge in [-0.2, -0.15) is 0 Å². The Bertz CT molecular complexity index is 967. The van der Waals surface area contributed by atoms with E-state index in [0.29, 0.717) is 28.5 Å². The smallest absolute Gasteiger partial charge is 0.260 e. The van der Waals surface area contributed by atoms with Gasteiger partial charge in [0.25, 0.3) is 5.56 Å². The maximum absolute atomic E-state index is 12.6. The second-order valence-corrected chi connectivity index (χ2v) is 9.28. The number of ether oxygens (including phenoxy) is 1. The Labute approximate surface area is 172 Å². The van der Waals surface area contributed by atoms with Crippen molar-refractivity contribution in [3.05, 3.63) is 50.1 Å². The van der Waals surface area contributed by atoms with Crippen molar-refractivity contribution in [3.63, 3.8) is 0 Å². The Balaban J connectivity index is 1.67. The van der Waals surface area contributed by atoms with Crippen LogP contribution in [0.2, 0.25) is 5.02 Å². The summed E-state index contributed by atoms with van der Waals surface area (Å²) in [5.74, 6) is 2.03. The predicted octanol–water partition coefficient (Wildman–Crippen LogP) is 5.71. The van der Waals surface area contributed by atoms with Gasteiger partial charge in [0.2, 0.25) is 0 Å². The van der Waals surface area contributed by atoms with Crippen LogP contribution in [-0.4, -0.2) is 22.3 Å². The first-order valence-corrected chi connectivity index (χ1v) is 11.2. The van der Waals surface area contributed by atoms with E-state index in [1.165, 1.54) is 16.6 Å². The van der Waals surface area contributed by atoms with Crippen molar-refractivity contribution < 1.29 is 4.74 Å². The number of fused-ring (bicyclic) bond motifs is 1. The van der Waals surface area contributed by atoms with Crippen LogP contribution in [0.5, 0.6) is 5.75 Å². The Morgan fingerprint density at radius 2 is 2.07 bits per heavy atom. The molecule has 0 aliphatic carbocycles. The molecular formula is C20H23ClN2O2S2. The van der Waals surface area contributed by atoms with E-state index >= 15 is 0 Å². The Morgan fingerprint density at radius 3 is 2.78 bits per heavy atom. The third-order valence-electron chi connectivity index (χ3n) is 4.49. The lowest BCUT2D eigenvalue weighted by molar-refractivity contribution is 0.344.